The van der Waals surface area contributed by atoms with E-state index in [0.717, 1.165) is 16.0 Å². The largest absolute Gasteiger partial charge is 0.392 e. The van der Waals surface area contributed by atoms with Crippen LogP contribution in [0.5, 0.6) is 0 Å². The smallest absolute Gasteiger partial charge is 0.159 e. The quantitative estimate of drug-likeness (QED) is 0.795. The van der Waals surface area contributed by atoms with Gasteiger partial charge >= 0.3 is 0 Å². The summed E-state index contributed by atoms with van der Waals surface area (Å²) in [7, 11) is 0. The summed E-state index contributed by atoms with van der Waals surface area (Å²) in [4.78, 5) is 11.4. The molecule has 0 atom stereocenters. The Morgan fingerprint density at radius 2 is 2.06 bits per heavy atom. The van der Waals surface area contributed by atoms with Gasteiger partial charge in [0.15, 0.2) is 5.78 Å². The minimum absolute atomic E-state index is 0.00655. The first-order chi connectivity index (χ1) is 8.13. The lowest BCUT2D eigenvalue weighted by Crippen LogP contribution is -2.28. The molecule has 0 aliphatic carbocycles. The van der Waals surface area contributed by atoms with Crippen LogP contribution in [0.15, 0.2) is 29.8 Å². The third-order valence-electron chi connectivity index (χ3n) is 2.72. The van der Waals surface area contributed by atoms with Crippen LogP contribution in [0, 0.1) is 0 Å². The summed E-state index contributed by atoms with van der Waals surface area (Å²) in [5, 5.41) is 11.2. The van der Waals surface area contributed by atoms with E-state index in [2.05, 4.69) is 0 Å². The SMILES string of the molecule is C/C=c1/c(CO)ccc/c1=C/C(=C\C)C(C)=O. The zero-order valence-electron chi connectivity index (χ0n) is 10.5. The minimum Gasteiger partial charge on any atom is -0.392 e. The predicted octanol–water partition coefficient (Wildman–Crippen LogP) is 1.30. The Balaban J connectivity index is 3.53. The van der Waals surface area contributed by atoms with Gasteiger partial charge < -0.3 is 5.11 Å². The molecule has 0 bridgehead atoms. The molecule has 0 aliphatic heterocycles. The second-order valence-corrected chi connectivity index (χ2v) is 3.81. The third kappa shape index (κ3) is 3.14. The maximum absolute atomic E-state index is 11.4. The predicted molar refractivity (Wildman–Crippen MR) is 70.7 cm³/mol. The van der Waals surface area contributed by atoms with Crippen LogP contribution >= 0.6 is 0 Å². The van der Waals surface area contributed by atoms with Gasteiger partial charge in [-0.2, -0.15) is 0 Å². The van der Waals surface area contributed by atoms with E-state index in [1.54, 1.807) is 13.0 Å². The Hall–Kier alpha value is -1.67. The molecular formula is C15H18O2. The number of carbonyl (C=O) groups excluding carboxylic acids is 1. The molecule has 1 aromatic rings. The fourth-order valence-corrected chi connectivity index (χ4v) is 1.80. The molecule has 1 N–H and O–H groups in total. The van der Waals surface area contributed by atoms with Crippen LogP contribution in [0.1, 0.15) is 26.3 Å². The van der Waals surface area contributed by atoms with Gasteiger partial charge in [0.1, 0.15) is 0 Å². The Morgan fingerprint density at radius 3 is 2.53 bits per heavy atom. The maximum Gasteiger partial charge on any atom is 0.159 e. The number of carbonyl (C=O) groups is 1. The van der Waals surface area contributed by atoms with Crippen LogP contribution in [0.3, 0.4) is 0 Å². The van der Waals surface area contributed by atoms with Crippen LogP contribution in [-0.4, -0.2) is 10.9 Å². The van der Waals surface area contributed by atoms with Crippen molar-refractivity contribution < 1.29 is 9.90 Å². The molecular weight excluding hydrogens is 212 g/mol. The van der Waals surface area contributed by atoms with Gasteiger partial charge in [0, 0.05) is 5.57 Å². The van der Waals surface area contributed by atoms with E-state index in [1.165, 1.54) is 0 Å². The van der Waals surface area contributed by atoms with Gasteiger partial charge in [-0.1, -0.05) is 30.4 Å². The molecule has 0 aromatic heterocycles. The topological polar surface area (TPSA) is 37.3 Å². The van der Waals surface area contributed by atoms with Gasteiger partial charge in [0.2, 0.25) is 0 Å². The molecule has 0 aliphatic rings. The lowest BCUT2D eigenvalue weighted by Gasteiger charge is -2.00. The van der Waals surface area contributed by atoms with Crippen molar-refractivity contribution in [3.63, 3.8) is 0 Å². The van der Waals surface area contributed by atoms with Crippen LogP contribution < -0.4 is 10.4 Å². The average molecular weight is 230 g/mol. The van der Waals surface area contributed by atoms with Gasteiger partial charge in [-0.3, -0.25) is 4.79 Å². The van der Waals surface area contributed by atoms with Crippen molar-refractivity contribution in [1.82, 2.24) is 0 Å². The fraction of sp³-hybridized carbons (Fsp3) is 0.267. The second-order valence-electron chi connectivity index (χ2n) is 3.81. The molecule has 0 saturated heterocycles. The zero-order valence-corrected chi connectivity index (χ0v) is 10.5. The summed E-state index contributed by atoms with van der Waals surface area (Å²) in [6, 6.07) is 5.72. The number of aliphatic hydroxyl groups is 1. The van der Waals surface area contributed by atoms with E-state index in [9.17, 15) is 9.90 Å². The minimum atomic E-state index is 0.00655. The Bertz CT molecular complexity index is 551. The number of ketones is 1. The summed E-state index contributed by atoms with van der Waals surface area (Å²) in [6.07, 6.45) is 5.61. The Labute approximate surface area is 102 Å². The molecule has 17 heavy (non-hydrogen) atoms. The van der Waals surface area contributed by atoms with Crippen LogP contribution in [0.4, 0.5) is 0 Å². The van der Waals surface area contributed by atoms with E-state index in [0.29, 0.717) is 5.57 Å². The van der Waals surface area contributed by atoms with Crippen LogP contribution in [0.25, 0.3) is 12.2 Å². The molecule has 0 heterocycles. The van der Waals surface area contributed by atoms with Gasteiger partial charge in [-0.15, -0.1) is 0 Å². The highest BCUT2D eigenvalue weighted by Gasteiger charge is 1.99. The first kappa shape index (κ1) is 13.4. The molecule has 0 saturated carbocycles. The standard InChI is InChI=1S/C15H18O2/c1-4-12(11(3)17)9-13-7-6-8-14(10-16)15(13)5-2/h4-9,16H,10H2,1-3H3/b12-4+,13-9-,15-5+. The first-order valence-corrected chi connectivity index (χ1v) is 5.68. The Morgan fingerprint density at radius 1 is 1.35 bits per heavy atom. The Kier molecular flexibility index (Phi) is 4.85. The van der Waals surface area contributed by atoms with Gasteiger partial charge in [-0.25, -0.2) is 0 Å². The van der Waals surface area contributed by atoms with Crippen LogP contribution in [0.2, 0.25) is 0 Å². The van der Waals surface area contributed by atoms with E-state index in [1.807, 2.05) is 44.2 Å². The summed E-state index contributed by atoms with van der Waals surface area (Å²) < 4.78 is 0. The maximum atomic E-state index is 11.4. The van der Waals surface area contributed by atoms with Crippen molar-refractivity contribution in [2.75, 3.05) is 0 Å². The molecule has 0 radical (unpaired) electrons. The van der Waals surface area contributed by atoms with Crippen molar-refractivity contribution in [3.05, 3.63) is 45.8 Å². The van der Waals surface area contributed by atoms with Gasteiger partial charge in [-0.05, 0) is 42.8 Å². The zero-order chi connectivity index (χ0) is 12.8. The molecule has 0 fully saturated rings. The highest BCUT2D eigenvalue weighted by molar-refractivity contribution is 6.01. The third-order valence-corrected chi connectivity index (χ3v) is 2.72. The number of Topliss-reactive ketones (excluding diaryl/α,β-unsaturated/α-hetero) is 1. The van der Waals surface area contributed by atoms with Crippen LogP contribution in [-0.2, 0) is 11.4 Å². The summed E-state index contributed by atoms with van der Waals surface area (Å²) >= 11 is 0. The number of aliphatic hydroxyl groups excluding tert-OH is 1. The van der Waals surface area contributed by atoms with E-state index >= 15 is 0 Å². The van der Waals surface area contributed by atoms with Crippen molar-refractivity contribution in [1.29, 1.82) is 0 Å². The molecule has 2 heteroatoms. The summed E-state index contributed by atoms with van der Waals surface area (Å²) in [5.41, 5.74) is 1.56. The molecule has 90 valence electrons. The molecule has 1 rings (SSSR count). The molecule has 0 unspecified atom stereocenters. The number of hydrogen-bond donors (Lipinski definition) is 1. The van der Waals surface area contributed by atoms with Crippen molar-refractivity contribution >= 4 is 17.9 Å². The monoisotopic (exact) mass is 230 g/mol. The molecule has 0 amide bonds. The number of benzene rings is 1. The molecule has 0 spiro atoms. The fourth-order valence-electron chi connectivity index (χ4n) is 1.80. The lowest BCUT2D eigenvalue weighted by molar-refractivity contribution is -0.113. The van der Waals surface area contributed by atoms with Crippen molar-refractivity contribution in [3.8, 4) is 0 Å². The first-order valence-electron chi connectivity index (χ1n) is 5.68. The normalized spacial score (nSPS) is 14.2. The van der Waals surface area contributed by atoms with Crippen molar-refractivity contribution in [2.45, 2.75) is 27.4 Å². The molecule has 2 nitrogen and oxygen atoms in total. The van der Waals surface area contributed by atoms with E-state index < -0.39 is 0 Å². The van der Waals surface area contributed by atoms with Crippen molar-refractivity contribution in [2.24, 2.45) is 0 Å². The average Bonchev–Trinajstić information content (AvgIpc) is 2.34. The molecule has 1 aromatic carbocycles. The highest BCUT2D eigenvalue weighted by Crippen LogP contribution is 1.97. The summed E-state index contributed by atoms with van der Waals surface area (Å²) in [5.74, 6) is 0.0453. The summed E-state index contributed by atoms with van der Waals surface area (Å²) in [6.45, 7) is 5.33. The van der Waals surface area contributed by atoms with E-state index in [4.69, 9.17) is 0 Å². The second kappa shape index (κ2) is 6.16. The number of hydrogen-bond acceptors (Lipinski definition) is 2. The number of allylic oxidation sites excluding steroid dienone is 2. The van der Waals surface area contributed by atoms with E-state index in [-0.39, 0.29) is 12.4 Å². The highest BCUT2D eigenvalue weighted by atomic mass is 16.3. The van der Waals surface area contributed by atoms with Gasteiger partial charge in [0.25, 0.3) is 0 Å². The van der Waals surface area contributed by atoms with Gasteiger partial charge in [0.05, 0.1) is 6.61 Å². The number of rotatable bonds is 3. The lowest BCUT2D eigenvalue weighted by atomic mass is 10.1.